The molecule has 1 aliphatic carbocycles. The fraction of sp³-hybridized carbons (Fsp3) is 0.280. The van der Waals surface area contributed by atoms with Gasteiger partial charge in [0.15, 0.2) is 0 Å². The van der Waals surface area contributed by atoms with E-state index in [-0.39, 0.29) is 18.1 Å². The Kier molecular flexibility index (Phi) is 6.60. The summed E-state index contributed by atoms with van der Waals surface area (Å²) < 4.78 is 13.8. The zero-order valence-electron chi connectivity index (χ0n) is 17.3. The monoisotopic (exact) mass is 418 g/mol. The summed E-state index contributed by atoms with van der Waals surface area (Å²) >= 11 is 0. The lowest BCUT2D eigenvalue weighted by atomic mass is 10.0. The molecular weight excluding hydrogens is 392 g/mol. The van der Waals surface area contributed by atoms with Gasteiger partial charge in [0, 0.05) is 18.2 Å². The van der Waals surface area contributed by atoms with Crippen LogP contribution in [0.15, 0.2) is 94.7 Å². The molecule has 0 spiro atoms. The van der Waals surface area contributed by atoms with Gasteiger partial charge in [-0.1, -0.05) is 67.2 Å². The number of rotatable bonds is 8. The summed E-state index contributed by atoms with van der Waals surface area (Å²) in [6.07, 6.45) is 1.97. The largest absolute Gasteiger partial charge is 0.376 e. The first-order chi connectivity index (χ1) is 15.1. The smallest absolute Gasteiger partial charge is 0.328 e. The van der Waals surface area contributed by atoms with E-state index in [4.69, 9.17) is 9.47 Å². The van der Waals surface area contributed by atoms with Gasteiger partial charge in [-0.3, -0.25) is 14.3 Å². The number of nitrogens with one attached hydrogen (secondary N) is 1. The Labute approximate surface area is 180 Å². The molecule has 0 unspecified atom stereocenters. The minimum Gasteiger partial charge on any atom is -0.376 e. The van der Waals surface area contributed by atoms with Crippen molar-refractivity contribution < 1.29 is 9.47 Å². The summed E-state index contributed by atoms with van der Waals surface area (Å²) in [5, 5.41) is 0. The number of ether oxygens (including phenoxy) is 2. The zero-order chi connectivity index (χ0) is 21.6. The van der Waals surface area contributed by atoms with Crippen LogP contribution < -0.4 is 11.2 Å². The van der Waals surface area contributed by atoms with Gasteiger partial charge in [0.1, 0.15) is 0 Å². The van der Waals surface area contributed by atoms with Gasteiger partial charge in [-0.15, -0.1) is 0 Å². The van der Waals surface area contributed by atoms with Gasteiger partial charge in [-0.2, -0.15) is 0 Å². The molecule has 3 aromatic rings. The van der Waals surface area contributed by atoms with E-state index in [0.29, 0.717) is 26.2 Å². The molecule has 6 nitrogen and oxygen atoms in total. The normalized spacial score (nSPS) is 20.8. The van der Waals surface area contributed by atoms with Crippen LogP contribution in [0.25, 0.3) is 0 Å². The fourth-order valence-electron chi connectivity index (χ4n) is 4.04. The van der Waals surface area contributed by atoms with Gasteiger partial charge in [-0.05, 0) is 23.1 Å². The highest BCUT2D eigenvalue weighted by Gasteiger charge is 2.39. The molecule has 1 aliphatic rings. The Bertz CT molecular complexity index is 1120. The summed E-state index contributed by atoms with van der Waals surface area (Å²) in [5.41, 5.74) is 2.21. The third-order valence-electron chi connectivity index (χ3n) is 5.71. The maximum Gasteiger partial charge on any atom is 0.328 e. The molecule has 1 fully saturated rings. The molecule has 2 aromatic carbocycles. The Morgan fingerprint density at radius 3 is 2.23 bits per heavy atom. The molecular formula is C25H26N2O4. The van der Waals surface area contributed by atoms with E-state index in [0.717, 1.165) is 16.7 Å². The van der Waals surface area contributed by atoms with E-state index in [9.17, 15) is 9.59 Å². The number of aromatic nitrogens is 2. The molecule has 4 rings (SSSR count). The molecule has 0 saturated heterocycles. The molecule has 1 heterocycles. The maximum atomic E-state index is 12.4. The quantitative estimate of drug-likeness (QED) is 0.569. The summed E-state index contributed by atoms with van der Waals surface area (Å²) in [4.78, 5) is 26.2. The van der Waals surface area contributed by atoms with Gasteiger partial charge in [0.25, 0.3) is 5.56 Å². The van der Waals surface area contributed by atoms with Gasteiger partial charge >= 0.3 is 5.69 Å². The number of aromatic amines is 1. The van der Waals surface area contributed by atoms with E-state index in [1.165, 1.54) is 16.8 Å². The highest BCUT2D eigenvalue weighted by Crippen LogP contribution is 2.40. The molecule has 0 bridgehead atoms. The van der Waals surface area contributed by atoms with Crippen molar-refractivity contribution >= 4 is 0 Å². The van der Waals surface area contributed by atoms with Crippen molar-refractivity contribution in [2.75, 3.05) is 6.61 Å². The van der Waals surface area contributed by atoms with Crippen LogP contribution in [0.4, 0.5) is 0 Å². The van der Waals surface area contributed by atoms with E-state index < -0.39 is 11.2 Å². The van der Waals surface area contributed by atoms with Crippen molar-refractivity contribution in [1.82, 2.24) is 9.55 Å². The van der Waals surface area contributed by atoms with Crippen LogP contribution in [0.2, 0.25) is 0 Å². The minimum atomic E-state index is -0.439. The standard InChI is InChI=1S/C25H26N2O4/c1-18-21(17-30-15-19-8-4-2-5-9-19)23(31-16-20-10-6-3-7-11-20)14-22(18)27-13-12-24(28)26-25(27)29/h2-13,21-23H,1,14-17H2,(H,26,28,29)/t21-,22-,23-/m0/s1. The van der Waals surface area contributed by atoms with Gasteiger partial charge in [0.05, 0.1) is 32.0 Å². The molecule has 160 valence electrons. The lowest BCUT2D eigenvalue weighted by molar-refractivity contribution is -0.0122. The van der Waals surface area contributed by atoms with E-state index in [1.807, 2.05) is 60.7 Å². The topological polar surface area (TPSA) is 73.3 Å². The van der Waals surface area contributed by atoms with Crippen molar-refractivity contribution in [3.63, 3.8) is 0 Å². The molecule has 6 heteroatoms. The average molecular weight is 418 g/mol. The second-order valence-corrected chi connectivity index (χ2v) is 7.79. The SMILES string of the molecule is C=C1[C@H](COCc2ccccc2)[C@@H](OCc2ccccc2)C[C@@H]1n1ccc(=O)[nH]c1=O. The molecule has 3 atom stereocenters. The van der Waals surface area contributed by atoms with Crippen molar-refractivity contribution in [3.05, 3.63) is 117 Å². The maximum absolute atomic E-state index is 12.4. The van der Waals surface area contributed by atoms with Gasteiger partial charge in [-0.25, -0.2) is 4.79 Å². The number of benzene rings is 2. The fourth-order valence-corrected chi connectivity index (χ4v) is 4.04. The molecule has 1 aromatic heterocycles. The Balaban J connectivity index is 1.49. The van der Waals surface area contributed by atoms with Crippen LogP contribution in [0.5, 0.6) is 0 Å². The van der Waals surface area contributed by atoms with Gasteiger partial charge < -0.3 is 9.47 Å². The molecule has 0 amide bonds. The average Bonchev–Trinajstić information content (AvgIpc) is 3.09. The van der Waals surface area contributed by atoms with Crippen LogP contribution >= 0.6 is 0 Å². The number of H-pyrrole nitrogens is 1. The third-order valence-corrected chi connectivity index (χ3v) is 5.71. The first-order valence-electron chi connectivity index (χ1n) is 10.4. The Hall–Kier alpha value is -3.22. The first kappa shape index (κ1) is 21.0. The highest BCUT2D eigenvalue weighted by molar-refractivity contribution is 5.20. The predicted molar refractivity (Wildman–Crippen MR) is 119 cm³/mol. The summed E-state index contributed by atoms with van der Waals surface area (Å²) in [7, 11) is 0. The van der Waals surface area contributed by atoms with E-state index in [2.05, 4.69) is 11.6 Å². The number of hydrogen-bond donors (Lipinski definition) is 1. The molecule has 0 radical (unpaired) electrons. The van der Waals surface area contributed by atoms with Crippen molar-refractivity contribution in [2.24, 2.45) is 5.92 Å². The Morgan fingerprint density at radius 1 is 0.935 bits per heavy atom. The highest BCUT2D eigenvalue weighted by atomic mass is 16.5. The summed E-state index contributed by atoms with van der Waals surface area (Å²) in [6, 6.07) is 21.1. The number of nitrogens with zero attached hydrogens (tertiary/aromatic N) is 1. The summed E-state index contributed by atoms with van der Waals surface area (Å²) in [6.45, 7) is 5.70. The first-order valence-corrected chi connectivity index (χ1v) is 10.4. The van der Waals surface area contributed by atoms with E-state index >= 15 is 0 Å². The second-order valence-electron chi connectivity index (χ2n) is 7.79. The lowest BCUT2D eigenvalue weighted by Crippen LogP contribution is -2.31. The molecule has 1 saturated carbocycles. The van der Waals surface area contributed by atoms with Crippen molar-refractivity contribution in [1.29, 1.82) is 0 Å². The van der Waals surface area contributed by atoms with Crippen LogP contribution in [0.3, 0.4) is 0 Å². The lowest BCUT2D eigenvalue weighted by Gasteiger charge is -2.21. The van der Waals surface area contributed by atoms with Gasteiger partial charge in [0.2, 0.25) is 0 Å². The molecule has 31 heavy (non-hydrogen) atoms. The minimum absolute atomic E-state index is 0.0590. The van der Waals surface area contributed by atoms with Crippen molar-refractivity contribution in [2.45, 2.75) is 31.8 Å². The van der Waals surface area contributed by atoms with Crippen molar-refractivity contribution in [3.8, 4) is 0 Å². The number of hydrogen-bond acceptors (Lipinski definition) is 4. The van der Waals surface area contributed by atoms with E-state index in [1.54, 1.807) is 0 Å². The predicted octanol–water partition coefficient (Wildman–Crippen LogP) is 3.46. The van der Waals surface area contributed by atoms with Crippen LogP contribution in [0, 0.1) is 5.92 Å². The third kappa shape index (κ3) is 5.10. The molecule has 0 aliphatic heterocycles. The summed E-state index contributed by atoms with van der Waals surface area (Å²) in [5.74, 6) is -0.0590. The Morgan fingerprint density at radius 2 is 1.58 bits per heavy atom. The molecule has 1 N–H and O–H groups in total. The van der Waals surface area contributed by atoms with Crippen LogP contribution in [0.1, 0.15) is 23.6 Å². The van der Waals surface area contributed by atoms with Crippen LogP contribution in [-0.2, 0) is 22.7 Å². The second kappa shape index (κ2) is 9.73. The zero-order valence-corrected chi connectivity index (χ0v) is 17.3. The van der Waals surface area contributed by atoms with Crippen LogP contribution in [-0.4, -0.2) is 22.3 Å².